The summed E-state index contributed by atoms with van der Waals surface area (Å²) in [6.07, 6.45) is 2.37. The smallest absolute Gasteiger partial charge is 0.211 e. The predicted octanol–water partition coefficient (Wildman–Crippen LogP) is 0.276. The van der Waals surface area contributed by atoms with Crippen LogP contribution in [0.2, 0.25) is 0 Å². The van der Waals surface area contributed by atoms with E-state index in [0.29, 0.717) is 39.0 Å². The van der Waals surface area contributed by atoms with E-state index in [0.717, 1.165) is 17.9 Å². The van der Waals surface area contributed by atoms with Gasteiger partial charge >= 0.3 is 0 Å². The molecule has 0 amide bonds. The molecule has 0 spiro atoms. The number of likely N-dealkylation sites (tertiary alicyclic amines) is 1. The molecule has 2 fully saturated rings. The Bertz CT molecular complexity index is 726. The number of rotatable bonds is 6. The number of para-hydroxylation sites is 1. The second-order valence-corrected chi connectivity index (χ2v) is 9.32. The normalized spacial score (nSPS) is 27.9. The number of sulfonamides is 1. The Morgan fingerprint density at radius 3 is 2.69 bits per heavy atom. The molecule has 3 rings (SSSR count). The van der Waals surface area contributed by atoms with E-state index < -0.39 is 15.6 Å². The molecule has 1 aromatic rings. The number of aliphatic hydroxyl groups is 2. The molecule has 2 atom stereocenters. The Hall–Kier alpha value is -1.19. The highest BCUT2D eigenvalue weighted by Crippen LogP contribution is 2.37. The number of piperidine rings is 2. The van der Waals surface area contributed by atoms with Gasteiger partial charge in [0, 0.05) is 44.2 Å². The van der Waals surface area contributed by atoms with Crippen molar-refractivity contribution in [2.45, 2.75) is 25.0 Å². The fourth-order valence-electron chi connectivity index (χ4n) is 3.96. The summed E-state index contributed by atoms with van der Waals surface area (Å²) < 4.78 is 30.8. The summed E-state index contributed by atoms with van der Waals surface area (Å²) >= 11 is 0. The maximum absolute atomic E-state index is 11.9. The second-order valence-electron chi connectivity index (χ2n) is 7.34. The van der Waals surface area contributed by atoms with Crippen molar-refractivity contribution < 1.29 is 23.4 Å². The second kappa shape index (κ2) is 7.82. The molecule has 1 aromatic carbocycles. The van der Waals surface area contributed by atoms with Crippen LogP contribution in [0.5, 0.6) is 5.75 Å². The van der Waals surface area contributed by atoms with Crippen molar-refractivity contribution in [3.63, 3.8) is 0 Å². The van der Waals surface area contributed by atoms with Crippen LogP contribution in [0.3, 0.4) is 0 Å². The zero-order chi connectivity index (χ0) is 18.8. The van der Waals surface area contributed by atoms with Gasteiger partial charge in [-0.2, -0.15) is 0 Å². The van der Waals surface area contributed by atoms with Crippen LogP contribution in [0.15, 0.2) is 24.3 Å². The average molecular weight is 384 g/mol. The first-order chi connectivity index (χ1) is 12.3. The quantitative estimate of drug-likeness (QED) is 0.732. The first-order valence-electron chi connectivity index (χ1n) is 9.03. The molecule has 0 radical (unpaired) electrons. The van der Waals surface area contributed by atoms with Crippen molar-refractivity contribution in [3.05, 3.63) is 29.8 Å². The summed E-state index contributed by atoms with van der Waals surface area (Å²) in [5, 5.41) is 19.9. The van der Waals surface area contributed by atoms with Crippen LogP contribution in [0.25, 0.3) is 0 Å². The first kappa shape index (κ1) is 19.6. The van der Waals surface area contributed by atoms with Crippen molar-refractivity contribution in [1.29, 1.82) is 0 Å². The summed E-state index contributed by atoms with van der Waals surface area (Å²) in [5.74, 6) is 0.661. The third-order valence-electron chi connectivity index (χ3n) is 5.50. The van der Waals surface area contributed by atoms with Crippen molar-refractivity contribution in [1.82, 2.24) is 9.21 Å². The van der Waals surface area contributed by atoms with Crippen molar-refractivity contribution in [2.24, 2.45) is 5.92 Å². The number of aliphatic hydroxyl groups excluding tert-OH is 1. The SMILES string of the molecule is CS(=O)(=O)N1CCC2(O)CCN(Cc3ccccc3OCCO)CC2C1. The van der Waals surface area contributed by atoms with Crippen LogP contribution in [0.1, 0.15) is 18.4 Å². The molecular formula is C18H28N2O5S. The van der Waals surface area contributed by atoms with E-state index in [2.05, 4.69) is 4.90 Å². The Labute approximate surface area is 155 Å². The van der Waals surface area contributed by atoms with E-state index in [9.17, 15) is 13.5 Å². The highest BCUT2D eigenvalue weighted by molar-refractivity contribution is 7.88. The van der Waals surface area contributed by atoms with Gasteiger partial charge in [-0.15, -0.1) is 0 Å². The van der Waals surface area contributed by atoms with Gasteiger partial charge in [0.2, 0.25) is 10.0 Å². The first-order valence-corrected chi connectivity index (χ1v) is 10.9. The van der Waals surface area contributed by atoms with Gasteiger partial charge in [-0.05, 0) is 18.9 Å². The lowest BCUT2D eigenvalue weighted by Crippen LogP contribution is -2.60. The van der Waals surface area contributed by atoms with E-state index in [1.165, 1.54) is 10.6 Å². The summed E-state index contributed by atoms with van der Waals surface area (Å²) in [7, 11) is -3.24. The van der Waals surface area contributed by atoms with Gasteiger partial charge in [0.1, 0.15) is 12.4 Å². The van der Waals surface area contributed by atoms with Gasteiger partial charge in [-0.3, -0.25) is 4.90 Å². The number of hydrogen-bond donors (Lipinski definition) is 2. The highest BCUT2D eigenvalue weighted by atomic mass is 32.2. The lowest BCUT2D eigenvalue weighted by atomic mass is 9.76. The van der Waals surface area contributed by atoms with Gasteiger partial charge in [-0.1, -0.05) is 18.2 Å². The van der Waals surface area contributed by atoms with E-state index >= 15 is 0 Å². The van der Waals surface area contributed by atoms with Crippen molar-refractivity contribution in [2.75, 3.05) is 45.6 Å². The molecule has 146 valence electrons. The minimum atomic E-state index is -3.24. The Kier molecular flexibility index (Phi) is 5.88. The molecular weight excluding hydrogens is 356 g/mol. The zero-order valence-electron chi connectivity index (χ0n) is 15.2. The van der Waals surface area contributed by atoms with E-state index in [1.54, 1.807) is 0 Å². The molecule has 0 bridgehead atoms. The van der Waals surface area contributed by atoms with Gasteiger partial charge in [0.15, 0.2) is 0 Å². The largest absolute Gasteiger partial charge is 0.491 e. The summed E-state index contributed by atoms with van der Waals surface area (Å²) in [6, 6.07) is 7.73. The van der Waals surface area contributed by atoms with E-state index in [4.69, 9.17) is 9.84 Å². The van der Waals surface area contributed by atoms with Crippen LogP contribution in [0, 0.1) is 5.92 Å². The monoisotopic (exact) mass is 384 g/mol. The van der Waals surface area contributed by atoms with Crippen LogP contribution in [0.4, 0.5) is 0 Å². The van der Waals surface area contributed by atoms with Crippen LogP contribution >= 0.6 is 0 Å². The third-order valence-corrected chi connectivity index (χ3v) is 6.77. The lowest BCUT2D eigenvalue weighted by molar-refractivity contribution is -0.103. The molecule has 7 nitrogen and oxygen atoms in total. The molecule has 2 heterocycles. The molecule has 2 unspecified atom stereocenters. The van der Waals surface area contributed by atoms with Gasteiger partial charge in [0.05, 0.1) is 18.5 Å². The minimum Gasteiger partial charge on any atom is -0.491 e. The third kappa shape index (κ3) is 4.37. The van der Waals surface area contributed by atoms with Crippen molar-refractivity contribution >= 4 is 10.0 Å². The van der Waals surface area contributed by atoms with E-state index in [1.807, 2.05) is 24.3 Å². The highest BCUT2D eigenvalue weighted by Gasteiger charge is 2.46. The molecule has 2 aliphatic heterocycles. The average Bonchev–Trinajstić information content (AvgIpc) is 2.60. The van der Waals surface area contributed by atoms with Crippen LogP contribution in [-0.2, 0) is 16.6 Å². The molecule has 2 N–H and O–H groups in total. The topological polar surface area (TPSA) is 90.3 Å². The van der Waals surface area contributed by atoms with Crippen LogP contribution < -0.4 is 4.74 Å². The maximum Gasteiger partial charge on any atom is 0.211 e. The van der Waals surface area contributed by atoms with Crippen LogP contribution in [-0.4, -0.2) is 79.1 Å². The molecule has 2 saturated heterocycles. The number of nitrogens with zero attached hydrogens (tertiary/aromatic N) is 2. The van der Waals surface area contributed by atoms with Gasteiger partial charge in [-0.25, -0.2) is 12.7 Å². The molecule has 2 aliphatic rings. The number of ether oxygens (including phenoxy) is 1. The fourth-order valence-corrected chi connectivity index (χ4v) is 4.83. The summed E-state index contributed by atoms with van der Waals surface area (Å²) in [4.78, 5) is 2.24. The van der Waals surface area contributed by atoms with E-state index in [-0.39, 0.29) is 19.1 Å². The molecule has 0 saturated carbocycles. The predicted molar refractivity (Wildman–Crippen MR) is 98.4 cm³/mol. The lowest BCUT2D eigenvalue weighted by Gasteiger charge is -2.49. The molecule has 0 aromatic heterocycles. The number of fused-ring (bicyclic) bond motifs is 1. The molecule has 8 heteroatoms. The minimum absolute atomic E-state index is 0.0333. The molecule has 0 aliphatic carbocycles. The maximum atomic E-state index is 11.9. The van der Waals surface area contributed by atoms with Gasteiger partial charge < -0.3 is 14.9 Å². The fraction of sp³-hybridized carbons (Fsp3) is 0.667. The molecule has 26 heavy (non-hydrogen) atoms. The summed E-state index contributed by atoms with van der Waals surface area (Å²) in [6.45, 7) is 3.07. The van der Waals surface area contributed by atoms with Gasteiger partial charge in [0.25, 0.3) is 0 Å². The Morgan fingerprint density at radius 1 is 1.23 bits per heavy atom. The number of benzene rings is 1. The zero-order valence-corrected chi connectivity index (χ0v) is 16.0. The Morgan fingerprint density at radius 2 is 1.96 bits per heavy atom. The Balaban J connectivity index is 1.69. The van der Waals surface area contributed by atoms with Crippen molar-refractivity contribution in [3.8, 4) is 5.75 Å². The standard InChI is InChI=1S/C18H28N2O5S/c1-26(23,24)20-9-7-18(22)6-8-19(13-16(18)14-20)12-15-4-2-3-5-17(15)25-11-10-21/h2-5,16,21-22H,6-14H2,1H3. The number of hydrogen-bond acceptors (Lipinski definition) is 6. The summed E-state index contributed by atoms with van der Waals surface area (Å²) in [5.41, 5.74) is 0.257.